The lowest BCUT2D eigenvalue weighted by Gasteiger charge is -2.38. The molecule has 1 aliphatic rings. The predicted molar refractivity (Wildman–Crippen MR) is 150 cm³/mol. The molecular weight excluding hydrogens is 507 g/mol. The molecule has 1 N–H and O–H groups in total. The first-order chi connectivity index (χ1) is 17.7. The number of carbonyl (C=O) groups excluding carboxylic acids is 1. The number of carbonyl (C=O) groups is 1. The van der Waals surface area contributed by atoms with E-state index in [2.05, 4.69) is 23.7 Å². The summed E-state index contributed by atoms with van der Waals surface area (Å²) < 4.78 is 7.85. The molecule has 1 aliphatic heterocycles. The van der Waals surface area contributed by atoms with Crippen molar-refractivity contribution in [2.45, 2.75) is 39.8 Å². The van der Waals surface area contributed by atoms with Gasteiger partial charge in [0.15, 0.2) is 5.82 Å². The van der Waals surface area contributed by atoms with E-state index in [0.29, 0.717) is 21.6 Å². The molecule has 0 spiro atoms. The van der Waals surface area contributed by atoms with Crippen molar-refractivity contribution in [3.63, 3.8) is 0 Å². The molecule has 0 saturated heterocycles. The summed E-state index contributed by atoms with van der Waals surface area (Å²) in [5.41, 5.74) is 5.30. The van der Waals surface area contributed by atoms with Crippen LogP contribution in [0.2, 0.25) is 10.0 Å². The molecule has 1 unspecified atom stereocenters. The molecule has 37 heavy (non-hydrogen) atoms. The van der Waals surface area contributed by atoms with Gasteiger partial charge in [0, 0.05) is 16.1 Å². The summed E-state index contributed by atoms with van der Waals surface area (Å²) in [6, 6.07) is 18.4. The highest BCUT2D eigenvalue weighted by molar-refractivity contribution is 6.31. The fourth-order valence-electron chi connectivity index (χ4n) is 5.06. The zero-order valence-corrected chi connectivity index (χ0v) is 22.9. The lowest BCUT2D eigenvalue weighted by molar-refractivity contribution is 0.254. The normalized spacial score (nSPS) is 15.1. The summed E-state index contributed by atoms with van der Waals surface area (Å²) in [5.74, 6) is 1.95. The third-order valence-electron chi connectivity index (χ3n) is 6.73. The number of aromatic nitrogens is 2. The number of aryl methyl sites for hydroxylation is 2. The number of nitrogens with one attached hydrogen (secondary N) is 1. The first-order valence-corrected chi connectivity index (χ1v) is 12.8. The molecule has 8 heteroatoms. The Morgan fingerprint density at radius 2 is 1.68 bits per heavy atom. The maximum Gasteiger partial charge on any atom is 0.328 e. The molecule has 4 aromatic rings. The van der Waals surface area contributed by atoms with E-state index in [9.17, 15) is 4.79 Å². The number of hydrogen-bond acceptors (Lipinski definition) is 3. The average Bonchev–Trinajstić information content (AvgIpc) is 3.24. The monoisotopic (exact) mass is 534 g/mol. The lowest BCUT2D eigenvalue weighted by atomic mass is 9.94. The minimum Gasteiger partial charge on any atom is -0.496 e. The summed E-state index contributed by atoms with van der Waals surface area (Å²) in [7, 11) is 1.65. The largest absolute Gasteiger partial charge is 0.496 e. The van der Waals surface area contributed by atoms with Gasteiger partial charge >= 0.3 is 6.03 Å². The van der Waals surface area contributed by atoms with Gasteiger partial charge in [-0.25, -0.2) is 9.78 Å². The van der Waals surface area contributed by atoms with Gasteiger partial charge in [-0.3, -0.25) is 10.2 Å². The van der Waals surface area contributed by atoms with E-state index in [1.807, 2.05) is 74.5 Å². The molecule has 190 valence electrons. The van der Waals surface area contributed by atoms with E-state index in [-0.39, 0.29) is 12.1 Å². The van der Waals surface area contributed by atoms with Crippen LogP contribution in [0.1, 0.15) is 48.3 Å². The molecule has 0 radical (unpaired) electrons. The number of benzene rings is 3. The van der Waals surface area contributed by atoms with Crippen LogP contribution in [0.15, 0.2) is 60.7 Å². The first-order valence-electron chi connectivity index (χ1n) is 12.1. The van der Waals surface area contributed by atoms with Crippen molar-refractivity contribution in [1.29, 1.82) is 0 Å². The number of para-hydroxylation sites is 1. The van der Waals surface area contributed by atoms with Crippen molar-refractivity contribution in [1.82, 2.24) is 9.55 Å². The van der Waals surface area contributed by atoms with Crippen LogP contribution < -0.4 is 15.0 Å². The Balaban J connectivity index is 1.85. The fourth-order valence-corrected chi connectivity index (χ4v) is 5.46. The number of anilines is 2. The van der Waals surface area contributed by atoms with E-state index >= 15 is 0 Å². The van der Waals surface area contributed by atoms with Gasteiger partial charge in [-0.1, -0.05) is 47.5 Å². The van der Waals surface area contributed by atoms with E-state index in [1.165, 1.54) is 0 Å². The Morgan fingerprint density at radius 1 is 0.973 bits per heavy atom. The maximum atomic E-state index is 13.8. The van der Waals surface area contributed by atoms with Gasteiger partial charge < -0.3 is 9.30 Å². The molecule has 0 saturated carbocycles. The number of halogens is 2. The zero-order chi connectivity index (χ0) is 26.4. The number of imidazole rings is 1. The molecule has 1 aromatic heterocycles. The number of urea groups is 1. The molecule has 0 fully saturated rings. The summed E-state index contributed by atoms with van der Waals surface area (Å²) in [6.45, 7) is 8.20. The van der Waals surface area contributed by atoms with Crippen LogP contribution in [0, 0.1) is 13.8 Å². The van der Waals surface area contributed by atoms with E-state index in [0.717, 1.165) is 39.5 Å². The second-order valence-electron chi connectivity index (χ2n) is 9.47. The lowest BCUT2D eigenvalue weighted by Crippen LogP contribution is -2.44. The number of rotatable bonds is 5. The third-order valence-corrected chi connectivity index (χ3v) is 7.20. The van der Waals surface area contributed by atoms with Crippen molar-refractivity contribution in [3.8, 4) is 17.1 Å². The standard InChI is InChI=1S/C29H28Cl2N4O2/c1-16(2)34-26-25(21-13-12-19(30)14-18(21)4)35(23-15-20(31)11-10-17(23)3)29(36)33-27(26)32-28(34)22-8-6-7-9-24(22)37-5/h6-16,25H,1-5H3,(H,33,36). The summed E-state index contributed by atoms with van der Waals surface area (Å²) in [4.78, 5) is 20.5. The molecule has 0 aliphatic carbocycles. The Hall–Kier alpha value is -3.48. The van der Waals surface area contributed by atoms with Gasteiger partial charge in [0.1, 0.15) is 17.6 Å². The van der Waals surface area contributed by atoms with Crippen LogP contribution in [0.5, 0.6) is 5.75 Å². The van der Waals surface area contributed by atoms with Gasteiger partial charge in [-0.15, -0.1) is 0 Å². The highest BCUT2D eigenvalue weighted by Gasteiger charge is 2.41. The minimum absolute atomic E-state index is 0.0311. The Morgan fingerprint density at radius 3 is 2.38 bits per heavy atom. The smallest absolute Gasteiger partial charge is 0.328 e. The van der Waals surface area contributed by atoms with Crippen molar-refractivity contribution < 1.29 is 9.53 Å². The second kappa shape index (κ2) is 9.77. The average molecular weight is 535 g/mol. The minimum atomic E-state index is -0.475. The first kappa shape index (κ1) is 25.2. The topological polar surface area (TPSA) is 59.4 Å². The number of amides is 2. The van der Waals surface area contributed by atoms with Gasteiger partial charge in [0.05, 0.1) is 24.1 Å². The maximum absolute atomic E-state index is 13.8. The van der Waals surface area contributed by atoms with Crippen LogP contribution in [-0.2, 0) is 0 Å². The van der Waals surface area contributed by atoms with Crippen LogP contribution in [0.3, 0.4) is 0 Å². The fraction of sp³-hybridized carbons (Fsp3) is 0.241. The number of ether oxygens (including phenoxy) is 1. The van der Waals surface area contributed by atoms with Crippen molar-refractivity contribution in [2.75, 3.05) is 17.3 Å². The highest BCUT2D eigenvalue weighted by Crippen LogP contribution is 2.46. The van der Waals surface area contributed by atoms with Crippen LogP contribution >= 0.6 is 23.2 Å². The van der Waals surface area contributed by atoms with E-state index in [4.69, 9.17) is 32.9 Å². The number of nitrogens with zero attached hydrogens (tertiary/aromatic N) is 3. The summed E-state index contributed by atoms with van der Waals surface area (Å²) >= 11 is 12.8. The number of hydrogen-bond donors (Lipinski definition) is 1. The second-order valence-corrected chi connectivity index (χ2v) is 10.3. The van der Waals surface area contributed by atoms with Crippen molar-refractivity contribution >= 4 is 40.7 Å². The van der Waals surface area contributed by atoms with Gasteiger partial charge in [-0.05, 0) is 80.8 Å². The quantitative estimate of drug-likeness (QED) is 0.280. The molecule has 2 heterocycles. The highest BCUT2D eigenvalue weighted by atomic mass is 35.5. The van der Waals surface area contributed by atoms with E-state index < -0.39 is 6.04 Å². The third kappa shape index (κ3) is 4.34. The van der Waals surface area contributed by atoms with Crippen LogP contribution in [0.4, 0.5) is 16.3 Å². The molecule has 0 bridgehead atoms. The molecule has 6 nitrogen and oxygen atoms in total. The van der Waals surface area contributed by atoms with Crippen molar-refractivity contribution in [3.05, 3.63) is 93.1 Å². The Labute approximate surface area is 226 Å². The van der Waals surface area contributed by atoms with Crippen LogP contribution in [-0.4, -0.2) is 22.7 Å². The summed E-state index contributed by atoms with van der Waals surface area (Å²) in [6.07, 6.45) is 0. The predicted octanol–water partition coefficient (Wildman–Crippen LogP) is 8.20. The van der Waals surface area contributed by atoms with Gasteiger partial charge in [0.2, 0.25) is 0 Å². The number of methoxy groups -OCH3 is 1. The van der Waals surface area contributed by atoms with Crippen LogP contribution in [0.25, 0.3) is 11.4 Å². The zero-order valence-electron chi connectivity index (χ0n) is 21.3. The molecule has 3 aromatic carbocycles. The van der Waals surface area contributed by atoms with Gasteiger partial charge in [0.25, 0.3) is 0 Å². The Kier molecular flexibility index (Phi) is 6.65. The van der Waals surface area contributed by atoms with Crippen molar-refractivity contribution in [2.24, 2.45) is 0 Å². The van der Waals surface area contributed by atoms with Gasteiger partial charge in [-0.2, -0.15) is 0 Å². The van der Waals surface area contributed by atoms with E-state index in [1.54, 1.807) is 12.0 Å². The SMILES string of the molecule is COc1ccccc1-c1nc2c(n1C(C)C)C(c1ccc(Cl)cc1C)N(c1cc(Cl)ccc1C)C(=O)N2. The Bertz CT molecular complexity index is 1510. The molecule has 5 rings (SSSR count). The summed E-state index contributed by atoms with van der Waals surface area (Å²) in [5, 5.41) is 4.25. The molecule has 2 amide bonds. The molecular formula is C29H28Cl2N4O2. The number of fused-ring (bicyclic) bond motifs is 1. The molecule has 1 atom stereocenters.